The summed E-state index contributed by atoms with van der Waals surface area (Å²) in [7, 11) is 1.62. The molecule has 0 radical (unpaired) electrons. The molecule has 2 aromatic heterocycles. The molecule has 0 fully saturated rings. The van der Waals surface area contributed by atoms with Crippen molar-refractivity contribution in [2.75, 3.05) is 26.1 Å². The molecule has 0 atom stereocenters. The Kier molecular flexibility index (Phi) is 2.68. The van der Waals surface area contributed by atoms with Crippen molar-refractivity contribution in [1.82, 2.24) is 15.2 Å². The summed E-state index contributed by atoms with van der Waals surface area (Å²) < 4.78 is 10.3. The first-order valence-corrected chi connectivity index (χ1v) is 4.52. The van der Waals surface area contributed by atoms with E-state index in [0.717, 1.165) is 5.39 Å². The van der Waals surface area contributed by atoms with Crippen LogP contribution in [0.3, 0.4) is 0 Å². The summed E-state index contributed by atoms with van der Waals surface area (Å²) in [5, 5.41) is 7.53. The second-order valence-corrected chi connectivity index (χ2v) is 3.03. The Morgan fingerprint density at radius 3 is 3.13 bits per heavy atom. The molecule has 0 aliphatic heterocycles. The minimum absolute atomic E-state index is 0.450. The molecule has 0 bridgehead atoms. The van der Waals surface area contributed by atoms with Crippen LogP contribution in [0.2, 0.25) is 0 Å². The maximum Gasteiger partial charge on any atom is 0.242 e. The van der Waals surface area contributed by atoms with Crippen molar-refractivity contribution in [2.45, 2.75) is 0 Å². The summed E-state index contributed by atoms with van der Waals surface area (Å²) in [6, 6.07) is 1.77. The highest BCUT2D eigenvalue weighted by Gasteiger charge is 2.07. The zero-order chi connectivity index (χ0) is 10.7. The van der Waals surface area contributed by atoms with Gasteiger partial charge in [0.25, 0.3) is 0 Å². The van der Waals surface area contributed by atoms with Gasteiger partial charge in [-0.1, -0.05) is 0 Å². The Balaban J connectivity index is 2.23. The number of fused-ring (bicyclic) bond motifs is 1. The van der Waals surface area contributed by atoms with E-state index in [1.807, 2.05) is 0 Å². The highest BCUT2D eigenvalue weighted by atomic mass is 16.5. The lowest BCUT2D eigenvalue weighted by Crippen LogP contribution is -2.04. The van der Waals surface area contributed by atoms with Crippen molar-refractivity contribution in [1.29, 1.82) is 0 Å². The van der Waals surface area contributed by atoms with E-state index >= 15 is 0 Å². The maximum absolute atomic E-state index is 5.62. The monoisotopic (exact) mass is 208 g/mol. The number of anilines is 1. The first-order valence-electron chi connectivity index (χ1n) is 4.52. The highest BCUT2D eigenvalue weighted by Crippen LogP contribution is 2.22. The highest BCUT2D eigenvalue weighted by molar-refractivity contribution is 5.83. The van der Waals surface area contributed by atoms with Gasteiger partial charge in [-0.15, -0.1) is 5.10 Å². The number of methoxy groups -OCH3 is 1. The summed E-state index contributed by atoms with van der Waals surface area (Å²) in [5.41, 5.74) is 6.87. The molecule has 6 heteroatoms. The molecule has 3 N–H and O–H groups in total. The molecular weight excluding hydrogens is 196 g/mol. The largest absolute Gasteiger partial charge is 0.474 e. The Morgan fingerprint density at radius 1 is 1.47 bits per heavy atom. The molecule has 0 aliphatic carbocycles. The first kappa shape index (κ1) is 9.72. The second-order valence-electron chi connectivity index (χ2n) is 3.03. The molecule has 0 saturated carbocycles. The maximum atomic E-state index is 5.62. The van der Waals surface area contributed by atoms with Crippen molar-refractivity contribution in [3.63, 3.8) is 0 Å². The zero-order valence-electron chi connectivity index (χ0n) is 8.36. The topological polar surface area (TPSA) is 86.0 Å². The van der Waals surface area contributed by atoms with E-state index in [9.17, 15) is 0 Å². The number of rotatable bonds is 4. The van der Waals surface area contributed by atoms with Crippen LogP contribution in [0.1, 0.15) is 0 Å². The smallest absolute Gasteiger partial charge is 0.242 e. The SMILES string of the molecule is COCCOc1n[nH]c2ncc(N)cc12. The molecule has 80 valence electrons. The van der Waals surface area contributed by atoms with Crippen LogP contribution >= 0.6 is 0 Å². The molecule has 2 heterocycles. The van der Waals surface area contributed by atoms with Gasteiger partial charge >= 0.3 is 0 Å². The number of hydrogen-bond donors (Lipinski definition) is 2. The van der Waals surface area contributed by atoms with Crippen LogP contribution in [0.4, 0.5) is 5.69 Å². The quantitative estimate of drug-likeness (QED) is 0.717. The number of H-pyrrole nitrogens is 1. The second kappa shape index (κ2) is 4.14. The number of nitrogen functional groups attached to an aromatic ring is 1. The van der Waals surface area contributed by atoms with Gasteiger partial charge in [-0.3, -0.25) is 5.10 Å². The lowest BCUT2D eigenvalue weighted by Gasteiger charge is -2.01. The predicted molar refractivity (Wildman–Crippen MR) is 55.7 cm³/mol. The van der Waals surface area contributed by atoms with E-state index in [-0.39, 0.29) is 0 Å². The molecule has 2 rings (SSSR count). The Bertz CT molecular complexity index is 454. The van der Waals surface area contributed by atoms with Crippen LogP contribution in [0.15, 0.2) is 12.3 Å². The third-order valence-electron chi connectivity index (χ3n) is 1.93. The minimum atomic E-state index is 0.450. The summed E-state index contributed by atoms with van der Waals surface area (Å²) in [4.78, 5) is 4.08. The number of ether oxygens (including phenoxy) is 2. The molecule has 0 aromatic carbocycles. The van der Waals surface area contributed by atoms with Gasteiger partial charge in [0, 0.05) is 7.11 Å². The van der Waals surface area contributed by atoms with Gasteiger partial charge in [0.05, 0.1) is 23.9 Å². The fourth-order valence-corrected chi connectivity index (χ4v) is 1.23. The third-order valence-corrected chi connectivity index (χ3v) is 1.93. The van der Waals surface area contributed by atoms with E-state index in [0.29, 0.717) is 30.4 Å². The molecule has 0 spiro atoms. The molecule has 0 aliphatic rings. The standard InChI is InChI=1S/C9H12N4O2/c1-14-2-3-15-9-7-4-6(10)5-11-8(7)12-13-9/h4-5H,2-3,10H2,1H3,(H,11,12,13). The van der Waals surface area contributed by atoms with E-state index < -0.39 is 0 Å². The number of nitrogens with zero attached hydrogens (tertiary/aromatic N) is 2. The fourth-order valence-electron chi connectivity index (χ4n) is 1.23. The average Bonchev–Trinajstić information content (AvgIpc) is 2.62. The van der Waals surface area contributed by atoms with E-state index in [4.69, 9.17) is 15.2 Å². The van der Waals surface area contributed by atoms with Gasteiger partial charge in [0.1, 0.15) is 6.61 Å². The van der Waals surface area contributed by atoms with Crippen LogP contribution in [0.25, 0.3) is 11.0 Å². The molecule has 0 amide bonds. The summed E-state index contributed by atoms with van der Waals surface area (Å²) >= 11 is 0. The zero-order valence-corrected chi connectivity index (χ0v) is 8.36. The van der Waals surface area contributed by atoms with Crippen LogP contribution in [0, 0.1) is 0 Å². The Labute approximate surface area is 86.4 Å². The lowest BCUT2D eigenvalue weighted by molar-refractivity contribution is 0.144. The van der Waals surface area contributed by atoms with Gasteiger partial charge in [-0.25, -0.2) is 4.98 Å². The van der Waals surface area contributed by atoms with Crippen LogP contribution in [-0.2, 0) is 4.74 Å². The minimum Gasteiger partial charge on any atom is -0.474 e. The van der Waals surface area contributed by atoms with Crippen molar-refractivity contribution in [2.24, 2.45) is 0 Å². The van der Waals surface area contributed by atoms with E-state index in [1.165, 1.54) is 0 Å². The number of aromatic amines is 1. The van der Waals surface area contributed by atoms with E-state index in [1.54, 1.807) is 19.4 Å². The van der Waals surface area contributed by atoms with Crippen LogP contribution in [0.5, 0.6) is 5.88 Å². The van der Waals surface area contributed by atoms with Crippen molar-refractivity contribution in [3.8, 4) is 5.88 Å². The molecule has 15 heavy (non-hydrogen) atoms. The van der Waals surface area contributed by atoms with Gasteiger partial charge in [-0.05, 0) is 6.07 Å². The van der Waals surface area contributed by atoms with Gasteiger partial charge < -0.3 is 15.2 Å². The summed E-state index contributed by atoms with van der Waals surface area (Å²) in [5.74, 6) is 0.502. The number of pyridine rings is 1. The fraction of sp³-hybridized carbons (Fsp3) is 0.333. The number of aromatic nitrogens is 3. The third kappa shape index (κ3) is 1.99. The molecular formula is C9H12N4O2. The summed E-state index contributed by atoms with van der Waals surface area (Å²) in [6.07, 6.45) is 1.57. The van der Waals surface area contributed by atoms with Crippen molar-refractivity contribution in [3.05, 3.63) is 12.3 Å². The van der Waals surface area contributed by atoms with Gasteiger partial charge in [0.15, 0.2) is 5.65 Å². The Hall–Kier alpha value is -1.82. The molecule has 0 saturated heterocycles. The number of nitrogens with two attached hydrogens (primary N) is 1. The molecule has 2 aromatic rings. The van der Waals surface area contributed by atoms with Gasteiger partial charge in [-0.2, -0.15) is 0 Å². The molecule has 6 nitrogen and oxygen atoms in total. The first-order chi connectivity index (χ1) is 7.31. The van der Waals surface area contributed by atoms with Crippen molar-refractivity contribution >= 4 is 16.7 Å². The predicted octanol–water partition coefficient (Wildman–Crippen LogP) is 0.565. The summed E-state index contributed by atoms with van der Waals surface area (Å²) in [6.45, 7) is 0.968. The van der Waals surface area contributed by atoms with Gasteiger partial charge in [0.2, 0.25) is 5.88 Å². The number of hydrogen-bond acceptors (Lipinski definition) is 5. The van der Waals surface area contributed by atoms with Crippen LogP contribution in [-0.4, -0.2) is 35.5 Å². The van der Waals surface area contributed by atoms with Crippen molar-refractivity contribution < 1.29 is 9.47 Å². The van der Waals surface area contributed by atoms with E-state index in [2.05, 4.69) is 15.2 Å². The Morgan fingerprint density at radius 2 is 2.33 bits per heavy atom. The normalized spacial score (nSPS) is 10.7. The lowest BCUT2D eigenvalue weighted by atomic mass is 10.3. The number of nitrogens with one attached hydrogen (secondary N) is 1. The molecule has 0 unspecified atom stereocenters. The average molecular weight is 208 g/mol. The van der Waals surface area contributed by atoms with Crippen LogP contribution < -0.4 is 10.5 Å².